The predicted octanol–water partition coefficient (Wildman–Crippen LogP) is 2.90. The highest BCUT2D eigenvalue weighted by atomic mass is 16.6. The Bertz CT molecular complexity index is 511. The summed E-state index contributed by atoms with van der Waals surface area (Å²) in [5, 5.41) is 0. The lowest BCUT2D eigenvalue weighted by Crippen LogP contribution is -2.62. The lowest BCUT2D eigenvalue weighted by molar-refractivity contribution is -0.218. The first-order valence-corrected chi connectivity index (χ1v) is 8.02. The lowest BCUT2D eigenvalue weighted by Gasteiger charge is -2.60. The fourth-order valence-corrected chi connectivity index (χ4v) is 4.90. The van der Waals surface area contributed by atoms with E-state index in [0.717, 1.165) is 32.1 Å². The van der Waals surface area contributed by atoms with E-state index in [-0.39, 0.29) is 12.1 Å². The SMILES string of the molecule is C=C(C)C(=O)OC12CC3CC(C1)CC(OC(=O)N(C)C)(C3)C2. The van der Waals surface area contributed by atoms with Crippen LogP contribution in [0.5, 0.6) is 0 Å². The van der Waals surface area contributed by atoms with Crippen LogP contribution < -0.4 is 0 Å². The summed E-state index contributed by atoms with van der Waals surface area (Å²) in [6.45, 7) is 5.35. The van der Waals surface area contributed by atoms with Crippen LogP contribution in [0, 0.1) is 11.8 Å². The summed E-state index contributed by atoms with van der Waals surface area (Å²) >= 11 is 0. The minimum absolute atomic E-state index is 0.302. The number of rotatable bonds is 3. The molecular formula is C17H25NO4. The van der Waals surface area contributed by atoms with Gasteiger partial charge >= 0.3 is 12.1 Å². The number of carbonyl (C=O) groups is 2. The van der Waals surface area contributed by atoms with Crippen molar-refractivity contribution in [2.24, 2.45) is 11.8 Å². The van der Waals surface area contributed by atoms with Gasteiger partial charge in [-0.25, -0.2) is 9.59 Å². The summed E-state index contributed by atoms with van der Waals surface area (Å²) in [7, 11) is 3.39. The first-order chi connectivity index (χ1) is 10.2. The number of amides is 1. The minimum Gasteiger partial charge on any atom is -0.456 e. The zero-order valence-corrected chi connectivity index (χ0v) is 13.7. The van der Waals surface area contributed by atoms with Gasteiger partial charge in [-0.2, -0.15) is 0 Å². The van der Waals surface area contributed by atoms with E-state index in [2.05, 4.69) is 6.58 Å². The van der Waals surface area contributed by atoms with Gasteiger partial charge in [0.2, 0.25) is 0 Å². The van der Waals surface area contributed by atoms with Gasteiger partial charge in [-0.1, -0.05) is 6.58 Å². The average molecular weight is 307 g/mol. The number of hydrogen-bond acceptors (Lipinski definition) is 4. The molecule has 5 heteroatoms. The van der Waals surface area contributed by atoms with Crippen molar-refractivity contribution < 1.29 is 19.1 Å². The van der Waals surface area contributed by atoms with E-state index >= 15 is 0 Å². The van der Waals surface area contributed by atoms with Crippen molar-refractivity contribution >= 4 is 12.1 Å². The van der Waals surface area contributed by atoms with Gasteiger partial charge in [0.05, 0.1) is 0 Å². The van der Waals surface area contributed by atoms with Crippen molar-refractivity contribution in [2.45, 2.75) is 56.7 Å². The van der Waals surface area contributed by atoms with Crippen LogP contribution in [0.2, 0.25) is 0 Å². The summed E-state index contributed by atoms with van der Waals surface area (Å²) in [6.07, 6.45) is 5.07. The summed E-state index contributed by atoms with van der Waals surface area (Å²) in [5.74, 6) is 0.638. The summed E-state index contributed by atoms with van der Waals surface area (Å²) < 4.78 is 11.7. The van der Waals surface area contributed by atoms with Crippen molar-refractivity contribution in [3.63, 3.8) is 0 Å². The zero-order chi connectivity index (χ0) is 16.1. The molecule has 0 radical (unpaired) electrons. The van der Waals surface area contributed by atoms with E-state index in [1.807, 2.05) is 0 Å². The fourth-order valence-electron chi connectivity index (χ4n) is 4.90. The molecule has 0 aromatic heterocycles. The standard InChI is InChI=1S/C17H25NO4/c1-11(2)14(19)21-16-6-12-5-13(7-16)9-17(8-12,10-16)22-15(20)18(3)4/h12-13H,1,5-10H2,2-4H3. The van der Waals surface area contributed by atoms with E-state index < -0.39 is 11.2 Å². The third-order valence-electron chi connectivity index (χ3n) is 5.28. The highest BCUT2D eigenvalue weighted by Crippen LogP contribution is 2.60. The Morgan fingerprint density at radius 3 is 2.00 bits per heavy atom. The topological polar surface area (TPSA) is 55.8 Å². The molecule has 0 saturated heterocycles. The lowest BCUT2D eigenvalue weighted by atomic mass is 9.52. The molecule has 0 aromatic carbocycles. The Morgan fingerprint density at radius 1 is 1.05 bits per heavy atom. The molecule has 4 aliphatic rings. The number of nitrogens with zero attached hydrogens (tertiary/aromatic N) is 1. The van der Waals surface area contributed by atoms with Crippen LogP contribution >= 0.6 is 0 Å². The van der Waals surface area contributed by atoms with Gasteiger partial charge in [-0.15, -0.1) is 0 Å². The molecule has 4 saturated carbocycles. The zero-order valence-electron chi connectivity index (χ0n) is 13.7. The van der Waals surface area contributed by atoms with Gasteiger partial charge in [-0.3, -0.25) is 0 Å². The summed E-state index contributed by atoms with van der Waals surface area (Å²) in [5.41, 5.74) is -0.497. The molecule has 5 nitrogen and oxygen atoms in total. The van der Waals surface area contributed by atoms with Gasteiger partial charge in [0.15, 0.2) is 0 Å². The minimum atomic E-state index is -0.466. The second kappa shape index (κ2) is 5.00. The Labute approximate surface area is 131 Å². The quantitative estimate of drug-likeness (QED) is 0.594. The molecule has 4 aliphatic carbocycles. The van der Waals surface area contributed by atoms with Gasteiger partial charge in [0.25, 0.3) is 0 Å². The van der Waals surface area contributed by atoms with Gasteiger partial charge in [0.1, 0.15) is 11.2 Å². The number of carbonyl (C=O) groups excluding carboxylic acids is 2. The van der Waals surface area contributed by atoms with Crippen LogP contribution in [-0.4, -0.2) is 42.3 Å². The van der Waals surface area contributed by atoms with Gasteiger partial charge < -0.3 is 14.4 Å². The number of ether oxygens (including phenoxy) is 2. The first kappa shape index (κ1) is 15.4. The molecule has 1 amide bonds. The molecule has 2 unspecified atom stereocenters. The molecule has 4 rings (SSSR count). The molecule has 22 heavy (non-hydrogen) atoms. The molecule has 0 aromatic rings. The normalized spacial score (nSPS) is 38.5. The van der Waals surface area contributed by atoms with E-state index in [9.17, 15) is 9.59 Å². The Balaban J connectivity index is 1.82. The van der Waals surface area contributed by atoms with E-state index in [1.165, 1.54) is 4.90 Å². The van der Waals surface area contributed by atoms with Crippen molar-refractivity contribution in [1.29, 1.82) is 0 Å². The van der Waals surface area contributed by atoms with Crippen LogP contribution in [0.15, 0.2) is 12.2 Å². The second-order valence-corrected chi connectivity index (χ2v) is 7.76. The maximum atomic E-state index is 12.0. The molecule has 0 heterocycles. The third kappa shape index (κ3) is 2.61. The molecule has 0 spiro atoms. The Hall–Kier alpha value is -1.52. The molecular weight excluding hydrogens is 282 g/mol. The first-order valence-electron chi connectivity index (χ1n) is 8.02. The smallest absolute Gasteiger partial charge is 0.409 e. The molecule has 122 valence electrons. The maximum Gasteiger partial charge on any atom is 0.409 e. The monoisotopic (exact) mass is 307 g/mol. The molecule has 2 atom stereocenters. The highest BCUT2D eigenvalue weighted by Gasteiger charge is 2.61. The highest BCUT2D eigenvalue weighted by molar-refractivity contribution is 5.87. The molecule has 4 fully saturated rings. The van der Waals surface area contributed by atoms with Crippen LogP contribution in [-0.2, 0) is 14.3 Å². The number of hydrogen-bond donors (Lipinski definition) is 0. The van der Waals surface area contributed by atoms with Crippen LogP contribution in [0.3, 0.4) is 0 Å². The molecule has 0 N–H and O–H groups in total. The second-order valence-electron chi connectivity index (χ2n) is 7.76. The molecule has 0 aliphatic heterocycles. The van der Waals surface area contributed by atoms with Crippen LogP contribution in [0.25, 0.3) is 0 Å². The predicted molar refractivity (Wildman–Crippen MR) is 81.2 cm³/mol. The Morgan fingerprint density at radius 2 is 1.55 bits per heavy atom. The largest absolute Gasteiger partial charge is 0.456 e. The average Bonchev–Trinajstić information content (AvgIpc) is 2.35. The van der Waals surface area contributed by atoms with Crippen molar-refractivity contribution in [3.8, 4) is 0 Å². The summed E-state index contributed by atoms with van der Waals surface area (Å²) in [6, 6.07) is 0. The maximum absolute atomic E-state index is 12.0. The fraction of sp³-hybridized carbons (Fsp3) is 0.765. The Kier molecular flexibility index (Phi) is 3.49. The molecule has 4 bridgehead atoms. The third-order valence-corrected chi connectivity index (χ3v) is 5.28. The van der Waals surface area contributed by atoms with Gasteiger partial charge in [0, 0.05) is 26.1 Å². The van der Waals surface area contributed by atoms with E-state index in [0.29, 0.717) is 23.8 Å². The van der Waals surface area contributed by atoms with E-state index in [4.69, 9.17) is 9.47 Å². The van der Waals surface area contributed by atoms with Gasteiger partial charge in [-0.05, 0) is 50.9 Å². The van der Waals surface area contributed by atoms with Crippen molar-refractivity contribution in [3.05, 3.63) is 12.2 Å². The summed E-state index contributed by atoms with van der Waals surface area (Å²) in [4.78, 5) is 25.5. The number of esters is 1. The van der Waals surface area contributed by atoms with Crippen LogP contribution in [0.1, 0.15) is 45.4 Å². The van der Waals surface area contributed by atoms with Crippen molar-refractivity contribution in [2.75, 3.05) is 14.1 Å². The van der Waals surface area contributed by atoms with Crippen molar-refractivity contribution in [1.82, 2.24) is 4.90 Å². The van der Waals surface area contributed by atoms with E-state index in [1.54, 1.807) is 21.0 Å². The van der Waals surface area contributed by atoms with Crippen LogP contribution in [0.4, 0.5) is 4.79 Å².